The van der Waals surface area contributed by atoms with Gasteiger partial charge in [0.05, 0.1) is 6.07 Å². The lowest BCUT2D eigenvalue weighted by molar-refractivity contribution is 0.266. The molecule has 2 aliphatic rings. The highest BCUT2D eigenvalue weighted by atomic mass is 32.2. The summed E-state index contributed by atoms with van der Waals surface area (Å²) in [5.74, 6) is 0.562. The van der Waals surface area contributed by atoms with Gasteiger partial charge in [0.1, 0.15) is 12.2 Å². The number of ether oxygens (including phenoxy) is 2. The van der Waals surface area contributed by atoms with Crippen molar-refractivity contribution >= 4 is 9.84 Å². The minimum atomic E-state index is -3.46. The third-order valence-corrected chi connectivity index (χ3v) is 3.46. The second-order valence-corrected chi connectivity index (χ2v) is 6.64. The van der Waals surface area contributed by atoms with Gasteiger partial charge in [-0.15, -0.1) is 0 Å². The minimum Gasteiger partial charge on any atom is -0.474 e. The Bertz CT molecular complexity index is 532. The minimum absolute atomic E-state index is 0.154. The lowest BCUT2D eigenvalue weighted by Crippen LogP contribution is -2.09. The fourth-order valence-corrected chi connectivity index (χ4v) is 1.90. The SMILES string of the molecule is CS(=O)(=O)c1nc(OC2CC2)cc(OC2CC2)n1. The maximum Gasteiger partial charge on any atom is 0.253 e. The summed E-state index contributed by atoms with van der Waals surface area (Å²) in [7, 11) is -3.46. The summed E-state index contributed by atoms with van der Waals surface area (Å²) in [6.45, 7) is 0. The molecule has 2 fully saturated rings. The maximum absolute atomic E-state index is 11.5. The zero-order valence-corrected chi connectivity index (χ0v) is 10.8. The van der Waals surface area contributed by atoms with Gasteiger partial charge in [0.25, 0.3) is 5.16 Å². The van der Waals surface area contributed by atoms with Gasteiger partial charge in [-0.1, -0.05) is 0 Å². The van der Waals surface area contributed by atoms with Gasteiger partial charge in [-0.05, 0) is 25.7 Å². The zero-order chi connectivity index (χ0) is 12.8. The predicted octanol–water partition coefficient (Wildman–Crippen LogP) is 0.962. The molecule has 2 aliphatic carbocycles. The first kappa shape index (κ1) is 11.7. The molecule has 98 valence electrons. The van der Waals surface area contributed by atoms with Crippen molar-refractivity contribution in [2.24, 2.45) is 0 Å². The van der Waals surface area contributed by atoms with Gasteiger partial charge in [0.15, 0.2) is 0 Å². The smallest absolute Gasteiger partial charge is 0.253 e. The number of hydrogen-bond acceptors (Lipinski definition) is 6. The van der Waals surface area contributed by atoms with Crippen LogP contribution in [0.3, 0.4) is 0 Å². The normalized spacial score (nSPS) is 19.6. The first-order valence-corrected chi connectivity index (χ1v) is 7.82. The molecule has 18 heavy (non-hydrogen) atoms. The van der Waals surface area contributed by atoms with Crippen LogP contribution >= 0.6 is 0 Å². The van der Waals surface area contributed by atoms with Crippen LogP contribution in [0.25, 0.3) is 0 Å². The fraction of sp³-hybridized carbons (Fsp3) is 0.636. The van der Waals surface area contributed by atoms with Crippen LogP contribution in [0, 0.1) is 0 Å². The van der Waals surface area contributed by atoms with E-state index in [4.69, 9.17) is 9.47 Å². The lowest BCUT2D eigenvalue weighted by atomic mass is 10.6. The molecular formula is C11H14N2O4S. The molecule has 0 amide bonds. The molecule has 0 saturated heterocycles. The summed E-state index contributed by atoms with van der Waals surface area (Å²) < 4.78 is 34.0. The van der Waals surface area contributed by atoms with Crippen molar-refractivity contribution in [2.45, 2.75) is 43.0 Å². The van der Waals surface area contributed by atoms with Gasteiger partial charge >= 0.3 is 0 Å². The van der Waals surface area contributed by atoms with Gasteiger partial charge in [0, 0.05) is 6.26 Å². The number of sulfone groups is 1. The standard InChI is InChI=1S/C11H14N2O4S/c1-18(14,15)11-12-9(16-7-2-3-7)6-10(13-11)17-8-4-5-8/h6-8H,2-5H2,1H3. The Labute approximate surface area is 105 Å². The van der Waals surface area contributed by atoms with E-state index < -0.39 is 9.84 Å². The Morgan fingerprint density at radius 3 is 1.83 bits per heavy atom. The van der Waals surface area contributed by atoms with Crippen molar-refractivity contribution in [3.05, 3.63) is 6.07 Å². The number of hydrogen-bond donors (Lipinski definition) is 0. The third kappa shape index (κ3) is 2.90. The molecule has 1 aromatic rings. The van der Waals surface area contributed by atoms with E-state index in [1.54, 1.807) is 6.07 Å². The van der Waals surface area contributed by atoms with E-state index in [1.807, 2.05) is 0 Å². The Morgan fingerprint density at radius 2 is 1.50 bits per heavy atom. The highest BCUT2D eigenvalue weighted by Crippen LogP contribution is 2.30. The third-order valence-electron chi connectivity index (χ3n) is 2.61. The van der Waals surface area contributed by atoms with Gasteiger partial charge < -0.3 is 9.47 Å². The van der Waals surface area contributed by atoms with E-state index in [2.05, 4.69) is 9.97 Å². The molecule has 6 nitrogen and oxygen atoms in total. The van der Waals surface area contributed by atoms with Gasteiger partial charge in [-0.25, -0.2) is 8.42 Å². The average molecular weight is 270 g/mol. The molecule has 0 spiro atoms. The Kier molecular flexibility index (Phi) is 2.65. The van der Waals surface area contributed by atoms with Crippen molar-refractivity contribution in [1.29, 1.82) is 0 Å². The molecule has 3 rings (SSSR count). The first-order valence-electron chi connectivity index (χ1n) is 5.93. The average Bonchev–Trinajstić information content (AvgIpc) is 3.12. The van der Waals surface area contributed by atoms with Crippen LogP contribution in [0.15, 0.2) is 11.2 Å². The van der Waals surface area contributed by atoms with E-state index in [0.29, 0.717) is 0 Å². The maximum atomic E-state index is 11.5. The molecule has 0 aliphatic heterocycles. The van der Waals surface area contributed by atoms with Crippen LogP contribution in [0.4, 0.5) is 0 Å². The van der Waals surface area contributed by atoms with Crippen molar-refractivity contribution in [3.63, 3.8) is 0 Å². The molecule has 2 saturated carbocycles. The number of aromatic nitrogens is 2. The predicted molar refractivity (Wildman–Crippen MR) is 62.4 cm³/mol. The van der Waals surface area contributed by atoms with Crippen LogP contribution in [-0.2, 0) is 9.84 Å². The van der Waals surface area contributed by atoms with Crippen molar-refractivity contribution in [1.82, 2.24) is 9.97 Å². The van der Waals surface area contributed by atoms with Crippen molar-refractivity contribution in [2.75, 3.05) is 6.26 Å². The number of nitrogens with zero attached hydrogens (tertiary/aromatic N) is 2. The molecule has 1 heterocycles. The zero-order valence-electron chi connectivity index (χ0n) is 10.00. The van der Waals surface area contributed by atoms with Crippen LogP contribution in [0.2, 0.25) is 0 Å². The second-order valence-electron chi connectivity index (χ2n) is 4.73. The van der Waals surface area contributed by atoms with E-state index in [-0.39, 0.29) is 29.1 Å². The fourth-order valence-electron chi connectivity index (χ4n) is 1.38. The van der Waals surface area contributed by atoms with E-state index in [1.165, 1.54) is 0 Å². The molecular weight excluding hydrogens is 256 g/mol. The lowest BCUT2D eigenvalue weighted by Gasteiger charge is -2.08. The quantitative estimate of drug-likeness (QED) is 0.742. The summed E-state index contributed by atoms with van der Waals surface area (Å²) >= 11 is 0. The summed E-state index contributed by atoms with van der Waals surface area (Å²) in [5, 5.41) is -0.240. The van der Waals surface area contributed by atoms with Crippen LogP contribution in [-0.4, -0.2) is 36.8 Å². The molecule has 0 aromatic carbocycles. The largest absolute Gasteiger partial charge is 0.474 e. The number of rotatable bonds is 5. The Morgan fingerprint density at radius 1 is 1.06 bits per heavy atom. The van der Waals surface area contributed by atoms with Gasteiger partial charge in [-0.2, -0.15) is 9.97 Å². The summed E-state index contributed by atoms with van der Waals surface area (Å²) in [4.78, 5) is 7.82. The topological polar surface area (TPSA) is 78.4 Å². The summed E-state index contributed by atoms with van der Waals surface area (Å²) in [6, 6.07) is 1.56. The molecule has 0 atom stereocenters. The highest BCUT2D eigenvalue weighted by Gasteiger charge is 2.28. The molecule has 0 N–H and O–H groups in total. The van der Waals surface area contributed by atoms with Crippen molar-refractivity contribution < 1.29 is 17.9 Å². The van der Waals surface area contributed by atoms with E-state index >= 15 is 0 Å². The summed E-state index contributed by atoms with van der Waals surface area (Å²) in [5.41, 5.74) is 0. The van der Waals surface area contributed by atoms with Crippen LogP contribution in [0.5, 0.6) is 11.8 Å². The highest BCUT2D eigenvalue weighted by molar-refractivity contribution is 7.90. The molecule has 0 radical (unpaired) electrons. The van der Waals surface area contributed by atoms with Crippen LogP contribution in [0.1, 0.15) is 25.7 Å². The van der Waals surface area contributed by atoms with E-state index in [0.717, 1.165) is 31.9 Å². The molecule has 1 aromatic heterocycles. The van der Waals surface area contributed by atoms with E-state index in [9.17, 15) is 8.42 Å². The van der Waals surface area contributed by atoms with Gasteiger partial charge in [0.2, 0.25) is 21.6 Å². The molecule has 0 unspecified atom stereocenters. The summed E-state index contributed by atoms with van der Waals surface area (Å²) in [6.07, 6.45) is 5.31. The Hall–Kier alpha value is -1.37. The Balaban J connectivity index is 1.91. The monoisotopic (exact) mass is 270 g/mol. The molecule has 7 heteroatoms. The van der Waals surface area contributed by atoms with Crippen molar-refractivity contribution in [3.8, 4) is 11.8 Å². The molecule has 0 bridgehead atoms. The first-order chi connectivity index (χ1) is 8.50. The second kappa shape index (κ2) is 4.08. The van der Waals surface area contributed by atoms with Crippen LogP contribution < -0.4 is 9.47 Å². The van der Waals surface area contributed by atoms with Gasteiger partial charge in [-0.3, -0.25) is 0 Å².